The van der Waals surface area contributed by atoms with Crippen molar-refractivity contribution in [1.82, 2.24) is 24.8 Å². The van der Waals surface area contributed by atoms with Crippen molar-refractivity contribution in [3.63, 3.8) is 0 Å². The first-order valence-corrected chi connectivity index (χ1v) is 7.38. The van der Waals surface area contributed by atoms with Gasteiger partial charge in [-0.05, 0) is 18.6 Å². The smallest absolute Gasteiger partial charge is 0.269 e. The van der Waals surface area contributed by atoms with Gasteiger partial charge in [0.15, 0.2) is 0 Å². The molecule has 118 valence electrons. The lowest BCUT2D eigenvalue weighted by atomic mass is 10.3. The van der Waals surface area contributed by atoms with E-state index in [1.165, 1.54) is 6.20 Å². The van der Waals surface area contributed by atoms with Crippen LogP contribution in [0.2, 0.25) is 0 Å². The Balaban J connectivity index is 1.56. The number of para-hydroxylation sites is 2. The first-order chi connectivity index (χ1) is 11.1. The number of rotatable bonds is 5. The second kappa shape index (κ2) is 6.43. The Labute approximate surface area is 132 Å². The van der Waals surface area contributed by atoms with Crippen LogP contribution in [0.25, 0.3) is 11.0 Å². The zero-order valence-corrected chi connectivity index (χ0v) is 12.7. The van der Waals surface area contributed by atoms with Crippen molar-refractivity contribution < 1.29 is 4.79 Å². The van der Waals surface area contributed by atoms with Crippen LogP contribution in [0.1, 0.15) is 22.7 Å². The van der Waals surface area contributed by atoms with Crippen LogP contribution >= 0.6 is 0 Å². The zero-order valence-electron chi connectivity index (χ0n) is 12.7. The van der Waals surface area contributed by atoms with E-state index in [4.69, 9.17) is 0 Å². The maximum absolute atomic E-state index is 11.9. The highest BCUT2D eigenvalue weighted by Crippen LogP contribution is 2.14. The number of hydrogen-bond donors (Lipinski definition) is 2. The number of carbonyl (C=O) groups excluding carboxylic acids is 1. The number of nitrogens with zero attached hydrogens (tertiary/aromatic N) is 3. The van der Waals surface area contributed by atoms with E-state index >= 15 is 0 Å². The molecular weight excluding hydrogens is 294 g/mol. The summed E-state index contributed by atoms with van der Waals surface area (Å²) >= 11 is 0. The van der Waals surface area contributed by atoms with Crippen molar-refractivity contribution in [2.45, 2.75) is 12.8 Å². The van der Waals surface area contributed by atoms with Gasteiger partial charge in [-0.1, -0.05) is 12.1 Å². The number of aromatic amines is 1. The number of H-pyrrole nitrogens is 1. The summed E-state index contributed by atoms with van der Waals surface area (Å²) in [5.74, 6) is 0.649. The van der Waals surface area contributed by atoms with Crippen molar-refractivity contribution in [3.05, 3.63) is 58.5 Å². The van der Waals surface area contributed by atoms with E-state index in [0.29, 0.717) is 6.54 Å². The van der Waals surface area contributed by atoms with Gasteiger partial charge in [0.2, 0.25) is 0 Å². The predicted molar refractivity (Wildman–Crippen MR) is 86.2 cm³/mol. The fourth-order valence-corrected chi connectivity index (χ4v) is 2.45. The number of benzene rings is 1. The molecule has 1 amide bonds. The molecule has 2 N–H and O–H groups in total. The minimum Gasteiger partial charge on any atom is -0.351 e. The lowest BCUT2D eigenvalue weighted by molar-refractivity contribution is 0.0947. The summed E-state index contributed by atoms with van der Waals surface area (Å²) in [6.07, 6.45) is 3.98. The van der Waals surface area contributed by atoms with Gasteiger partial charge < -0.3 is 14.9 Å². The third-order valence-electron chi connectivity index (χ3n) is 3.64. The first kappa shape index (κ1) is 15.0. The lowest BCUT2D eigenvalue weighted by Crippen LogP contribution is -2.27. The number of carbonyl (C=O) groups is 1. The first-order valence-electron chi connectivity index (χ1n) is 7.38. The molecule has 1 aromatic carbocycles. The fraction of sp³-hybridized carbons (Fsp3) is 0.250. The van der Waals surface area contributed by atoms with Crippen LogP contribution in [0, 0.1) is 0 Å². The number of aryl methyl sites for hydroxylation is 2. The second-order valence-electron chi connectivity index (χ2n) is 5.25. The number of fused-ring (bicyclic) bond motifs is 1. The maximum Gasteiger partial charge on any atom is 0.269 e. The molecule has 7 nitrogen and oxygen atoms in total. The highest BCUT2D eigenvalue weighted by atomic mass is 16.2. The van der Waals surface area contributed by atoms with Gasteiger partial charge in [0, 0.05) is 20.0 Å². The zero-order chi connectivity index (χ0) is 16.2. The van der Waals surface area contributed by atoms with Crippen LogP contribution in [0.3, 0.4) is 0 Å². The third-order valence-corrected chi connectivity index (χ3v) is 3.64. The lowest BCUT2D eigenvalue weighted by Gasteiger charge is -2.05. The van der Waals surface area contributed by atoms with E-state index in [0.717, 1.165) is 35.9 Å². The van der Waals surface area contributed by atoms with Crippen LogP contribution < -0.4 is 10.9 Å². The molecule has 3 aromatic rings. The van der Waals surface area contributed by atoms with Crippen LogP contribution in [0.5, 0.6) is 0 Å². The van der Waals surface area contributed by atoms with E-state index in [1.807, 2.05) is 31.3 Å². The summed E-state index contributed by atoms with van der Waals surface area (Å²) in [6.45, 7) is 0.499. The number of nitrogens with one attached hydrogen (secondary N) is 2. The second-order valence-corrected chi connectivity index (χ2v) is 5.25. The third kappa shape index (κ3) is 3.28. The molecule has 23 heavy (non-hydrogen) atoms. The average Bonchev–Trinajstić information content (AvgIpc) is 2.88. The molecule has 3 rings (SSSR count). The molecule has 7 heteroatoms. The molecule has 0 aliphatic carbocycles. The van der Waals surface area contributed by atoms with E-state index in [9.17, 15) is 9.59 Å². The molecular formula is C16H17N5O2. The van der Waals surface area contributed by atoms with Gasteiger partial charge in [-0.3, -0.25) is 14.6 Å². The van der Waals surface area contributed by atoms with Crippen LogP contribution in [0.4, 0.5) is 0 Å². The molecule has 2 heterocycles. The largest absolute Gasteiger partial charge is 0.351 e. The van der Waals surface area contributed by atoms with E-state index < -0.39 is 5.56 Å². The Morgan fingerprint density at radius 2 is 2.13 bits per heavy atom. The van der Waals surface area contributed by atoms with Gasteiger partial charge in [0.1, 0.15) is 11.5 Å². The minimum atomic E-state index is -0.391. The minimum absolute atomic E-state index is 0.167. The van der Waals surface area contributed by atoms with Crippen LogP contribution in [0.15, 0.2) is 41.5 Å². The highest BCUT2D eigenvalue weighted by Gasteiger charge is 2.08. The molecule has 0 radical (unpaired) electrons. The van der Waals surface area contributed by atoms with Crippen molar-refractivity contribution in [1.29, 1.82) is 0 Å². The quantitative estimate of drug-likeness (QED) is 0.688. The Bertz CT molecular complexity index is 897. The molecule has 0 atom stereocenters. The van der Waals surface area contributed by atoms with Crippen LogP contribution in [-0.4, -0.2) is 32.0 Å². The monoisotopic (exact) mass is 311 g/mol. The molecule has 0 saturated carbocycles. The molecule has 0 fully saturated rings. The van der Waals surface area contributed by atoms with E-state index in [-0.39, 0.29) is 11.6 Å². The van der Waals surface area contributed by atoms with Gasteiger partial charge in [-0.2, -0.15) is 0 Å². The van der Waals surface area contributed by atoms with Gasteiger partial charge in [0.05, 0.1) is 23.4 Å². The van der Waals surface area contributed by atoms with E-state index in [1.54, 1.807) is 0 Å². The fourth-order valence-electron chi connectivity index (χ4n) is 2.45. The van der Waals surface area contributed by atoms with Gasteiger partial charge in [-0.25, -0.2) is 4.98 Å². The molecule has 0 unspecified atom stereocenters. The standard InChI is InChI=1S/C16H17N5O2/c1-21-13-6-3-2-5-11(13)19-14(21)7-4-8-18-16(23)12-9-17-10-15(22)20-12/h2-3,5-6,9-10H,4,7-8H2,1H3,(H,18,23)(H,20,22). The molecule has 2 aromatic heterocycles. The average molecular weight is 311 g/mol. The molecule has 0 aliphatic rings. The summed E-state index contributed by atoms with van der Waals surface area (Å²) < 4.78 is 2.07. The number of aromatic nitrogens is 4. The van der Waals surface area contributed by atoms with Crippen molar-refractivity contribution >= 4 is 16.9 Å². The van der Waals surface area contributed by atoms with E-state index in [2.05, 4.69) is 24.8 Å². The molecule has 0 spiro atoms. The Morgan fingerprint density at radius 1 is 1.30 bits per heavy atom. The highest BCUT2D eigenvalue weighted by molar-refractivity contribution is 5.91. The molecule has 0 bridgehead atoms. The maximum atomic E-state index is 11.9. The Morgan fingerprint density at radius 3 is 2.91 bits per heavy atom. The normalized spacial score (nSPS) is 10.8. The van der Waals surface area contributed by atoms with Gasteiger partial charge >= 0.3 is 0 Å². The van der Waals surface area contributed by atoms with Crippen molar-refractivity contribution in [2.75, 3.05) is 6.54 Å². The molecule has 0 aliphatic heterocycles. The summed E-state index contributed by atoms with van der Waals surface area (Å²) in [7, 11) is 1.99. The number of amides is 1. The topological polar surface area (TPSA) is 92.7 Å². The van der Waals surface area contributed by atoms with Crippen molar-refractivity contribution in [2.24, 2.45) is 7.05 Å². The summed E-state index contributed by atoms with van der Waals surface area (Å²) in [6, 6.07) is 7.97. The van der Waals surface area contributed by atoms with Gasteiger partial charge in [-0.15, -0.1) is 0 Å². The summed E-state index contributed by atoms with van der Waals surface area (Å²) in [5, 5.41) is 2.76. The number of hydrogen-bond acceptors (Lipinski definition) is 4. The number of imidazole rings is 1. The van der Waals surface area contributed by atoms with Gasteiger partial charge in [0.25, 0.3) is 11.5 Å². The van der Waals surface area contributed by atoms with Crippen LogP contribution in [-0.2, 0) is 13.5 Å². The Kier molecular flexibility index (Phi) is 4.18. The Hall–Kier alpha value is -2.96. The summed E-state index contributed by atoms with van der Waals surface area (Å²) in [5.41, 5.74) is 1.85. The summed E-state index contributed by atoms with van der Waals surface area (Å²) in [4.78, 5) is 33.7. The molecule has 0 saturated heterocycles. The SMILES string of the molecule is Cn1c(CCCNC(=O)c2cncc(=O)[nH]2)nc2ccccc21. The van der Waals surface area contributed by atoms with Crippen molar-refractivity contribution in [3.8, 4) is 0 Å². The predicted octanol–water partition coefficient (Wildman–Crippen LogP) is 1.02.